The van der Waals surface area contributed by atoms with Gasteiger partial charge in [0.05, 0.1) is 4.90 Å². The van der Waals surface area contributed by atoms with Crippen molar-refractivity contribution in [3.05, 3.63) is 28.8 Å². The summed E-state index contributed by atoms with van der Waals surface area (Å²) in [5, 5.41) is 3.73. The van der Waals surface area contributed by atoms with Gasteiger partial charge in [-0.3, -0.25) is 0 Å². The Morgan fingerprint density at radius 1 is 1.40 bits per heavy atom. The second-order valence-electron chi connectivity index (χ2n) is 5.36. The van der Waals surface area contributed by atoms with Crippen molar-refractivity contribution in [2.45, 2.75) is 31.7 Å². The molecule has 1 aromatic carbocycles. The molecule has 2 rings (SSSR count). The van der Waals surface area contributed by atoms with Gasteiger partial charge < -0.3 is 5.32 Å². The van der Waals surface area contributed by atoms with E-state index in [-0.39, 0.29) is 4.90 Å². The summed E-state index contributed by atoms with van der Waals surface area (Å²) in [4.78, 5) is 0.281. The van der Waals surface area contributed by atoms with E-state index in [0.717, 1.165) is 18.5 Å². The van der Waals surface area contributed by atoms with Crippen LogP contribution in [-0.2, 0) is 16.6 Å². The zero-order chi connectivity index (χ0) is 14.8. The Labute approximate surface area is 126 Å². The van der Waals surface area contributed by atoms with E-state index in [1.807, 2.05) is 6.92 Å². The highest BCUT2D eigenvalue weighted by atomic mass is 35.5. The summed E-state index contributed by atoms with van der Waals surface area (Å²) in [6.07, 6.45) is 1.11. The maximum absolute atomic E-state index is 12.2. The van der Waals surface area contributed by atoms with Crippen LogP contribution in [0.4, 0.5) is 0 Å². The molecule has 112 valence electrons. The molecule has 0 heterocycles. The van der Waals surface area contributed by atoms with Crippen LogP contribution in [0.3, 0.4) is 0 Å². The molecule has 0 amide bonds. The van der Waals surface area contributed by atoms with Crippen LogP contribution in [-0.4, -0.2) is 21.5 Å². The first-order chi connectivity index (χ1) is 9.44. The number of benzene rings is 1. The van der Waals surface area contributed by atoms with Gasteiger partial charge in [-0.1, -0.05) is 25.4 Å². The Bertz CT molecular complexity index is 575. The maximum atomic E-state index is 12.2. The fraction of sp³-hybridized carbons (Fsp3) is 0.571. The monoisotopic (exact) mass is 316 g/mol. The lowest BCUT2D eigenvalue weighted by Gasteiger charge is -2.10. The van der Waals surface area contributed by atoms with Gasteiger partial charge in [-0.2, -0.15) is 0 Å². The fourth-order valence-corrected chi connectivity index (χ4v) is 3.43. The maximum Gasteiger partial charge on any atom is 0.240 e. The molecule has 0 bridgehead atoms. The molecule has 1 aliphatic rings. The third-order valence-corrected chi connectivity index (χ3v) is 5.49. The minimum atomic E-state index is -3.44. The molecule has 1 aromatic rings. The summed E-state index contributed by atoms with van der Waals surface area (Å²) in [5.74, 6) is 1.12. The average Bonchev–Trinajstić information content (AvgIpc) is 3.11. The molecule has 1 saturated carbocycles. The molecule has 0 radical (unpaired) electrons. The predicted molar refractivity (Wildman–Crippen MR) is 81.3 cm³/mol. The normalized spacial score (nSPS) is 21.9. The van der Waals surface area contributed by atoms with Crippen LogP contribution in [0.15, 0.2) is 23.1 Å². The van der Waals surface area contributed by atoms with Crippen molar-refractivity contribution in [3.63, 3.8) is 0 Å². The van der Waals surface area contributed by atoms with Crippen molar-refractivity contribution in [1.82, 2.24) is 10.0 Å². The Morgan fingerprint density at radius 2 is 2.10 bits per heavy atom. The molecule has 6 heteroatoms. The molecule has 20 heavy (non-hydrogen) atoms. The van der Waals surface area contributed by atoms with E-state index in [9.17, 15) is 8.42 Å². The van der Waals surface area contributed by atoms with Crippen molar-refractivity contribution in [1.29, 1.82) is 0 Å². The Morgan fingerprint density at radius 3 is 2.70 bits per heavy atom. The van der Waals surface area contributed by atoms with Gasteiger partial charge >= 0.3 is 0 Å². The standard InChI is InChI=1S/C14H21ClN2O2S/c1-3-16-8-12-7-13(4-5-14(12)15)20(18,19)17-9-11-6-10(11)2/h4-5,7,10-11,16-17H,3,6,8-9H2,1-2H3. The van der Waals surface area contributed by atoms with Gasteiger partial charge in [0.2, 0.25) is 10.0 Å². The van der Waals surface area contributed by atoms with Crippen LogP contribution in [0.2, 0.25) is 5.02 Å². The number of halogens is 1. The Balaban J connectivity index is 2.09. The van der Waals surface area contributed by atoms with Crippen molar-refractivity contribution in [2.24, 2.45) is 11.8 Å². The largest absolute Gasteiger partial charge is 0.313 e. The summed E-state index contributed by atoms with van der Waals surface area (Å²) in [7, 11) is -3.44. The van der Waals surface area contributed by atoms with Crippen LogP contribution in [0.1, 0.15) is 25.8 Å². The molecule has 0 aromatic heterocycles. The van der Waals surface area contributed by atoms with Gasteiger partial charge in [0.1, 0.15) is 0 Å². The van der Waals surface area contributed by atoms with Crippen molar-refractivity contribution >= 4 is 21.6 Å². The van der Waals surface area contributed by atoms with E-state index in [1.165, 1.54) is 0 Å². The van der Waals surface area contributed by atoms with Gasteiger partial charge in [0.15, 0.2) is 0 Å². The summed E-state index contributed by atoms with van der Waals surface area (Å²) >= 11 is 6.08. The molecule has 0 aliphatic heterocycles. The minimum Gasteiger partial charge on any atom is -0.313 e. The summed E-state index contributed by atoms with van der Waals surface area (Å²) in [6, 6.07) is 4.84. The molecule has 2 atom stereocenters. The third-order valence-electron chi connectivity index (χ3n) is 3.70. The average molecular weight is 317 g/mol. The van der Waals surface area contributed by atoms with E-state index in [4.69, 9.17) is 11.6 Å². The summed E-state index contributed by atoms with van der Waals surface area (Å²) in [6.45, 7) is 6.03. The molecule has 2 N–H and O–H groups in total. The summed E-state index contributed by atoms with van der Waals surface area (Å²) < 4.78 is 27.1. The molecular weight excluding hydrogens is 296 g/mol. The van der Waals surface area contributed by atoms with Crippen LogP contribution in [0, 0.1) is 11.8 Å². The number of hydrogen-bond donors (Lipinski definition) is 2. The number of nitrogens with one attached hydrogen (secondary N) is 2. The zero-order valence-corrected chi connectivity index (χ0v) is 13.4. The van der Waals surface area contributed by atoms with Gasteiger partial charge in [0, 0.05) is 18.1 Å². The highest BCUT2D eigenvalue weighted by molar-refractivity contribution is 7.89. The Kier molecular flexibility index (Phi) is 5.07. The molecular formula is C14H21ClN2O2S. The van der Waals surface area contributed by atoms with E-state index in [0.29, 0.717) is 29.9 Å². The SMILES string of the molecule is CCNCc1cc(S(=O)(=O)NCC2CC2C)ccc1Cl. The first-order valence-electron chi connectivity index (χ1n) is 6.93. The van der Waals surface area contributed by atoms with Crippen molar-refractivity contribution in [3.8, 4) is 0 Å². The Hall–Kier alpha value is -0.620. The fourth-order valence-electron chi connectivity index (χ4n) is 2.10. The number of rotatable bonds is 7. The second kappa shape index (κ2) is 6.43. The van der Waals surface area contributed by atoms with Crippen molar-refractivity contribution in [2.75, 3.05) is 13.1 Å². The lowest BCUT2D eigenvalue weighted by molar-refractivity contribution is 0.574. The van der Waals surface area contributed by atoms with E-state index in [1.54, 1.807) is 18.2 Å². The smallest absolute Gasteiger partial charge is 0.240 e. The predicted octanol–water partition coefficient (Wildman–Crippen LogP) is 2.38. The molecule has 1 fully saturated rings. The molecule has 0 spiro atoms. The lowest BCUT2D eigenvalue weighted by Crippen LogP contribution is -2.26. The van der Waals surface area contributed by atoms with Crippen LogP contribution < -0.4 is 10.0 Å². The highest BCUT2D eigenvalue weighted by Crippen LogP contribution is 2.37. The number of hydrogen-bond acceptors (Lipinski definition) is 3. The summed E-state index contributed by atoms with van der Waals surface area (Å²) in [5.41, 5.74) is 0.802. The van der Waals surface area contributed by atoms with Gasteiger partial charge in [-0.15, -0.1) is 0 Å². The van der Waals surface area contributed by atoms with E-state index >= 15 is 0 Å². The zero-order valence-electron chi connectivity index (χ0n) is 11.8. The van der Waals surface area contributed by atoms with E-state index < -0.39 is 10.0 Å². The highest BCUT2D eigenvalue weighted by Gasteiger charge is 2.33. The molecule has 1 aliphatic carbocycles. The van der Waals surface area contributed by atoms with Crippen LogP contribution in [0.25, 0.3) is 0 Å². The lowest BCUT2D eigenvalue weighted by atomic mass is 10.2. The van der Waals surface area contributed by atoms with Gasteiger partial charge in [0.25, 0.3) is 0 Å². The topological polar surface area (TPSA) is 58.2 Å². The molecule has 2 unspecified atom stereocenters. The third kappa shape index (κ3) is 3.95. The first kappa shape index (κ1) is 15.8. The van der Waals surface area contributed by atoms with Crippen LogP contribution >= 0.6 is 11.6 Å². The minimum absolute atomic E-state index is 0.281. The van der Waals surface area contributed by atoms with Gasteiger partial charge in [-0.25, -0.2) is 13.1 Å². The van der Waals surface area contributed by atoms with Crippen LogP contribution in [0.5, 0.6) is 0 Å². The first-order valence-corrected chi connectivity index (χ1v) is 8.79. The number of sulfonamides is 1. The van der Waals surface area contributed by atoms with Crippen molar-refractivity contribution < 1.29 is 8.42 Å². The molecule has 4 nitrogen and oxygen atoms in total. The van der Waals surface area contributed by atoms with Gasteiger partial charge in [-0.05, 0) is 48.6 Å². The quantitative estimate of drug-likeness (QED) is 0.812. The van der Waals surface area contributed by atoms with E-state index in [2.05, 4.69) is 17.0 Å². The molecule has 0 saturated heterocycles. The second-order valence-corrected chi connectivity index (χ2v) is 7.53.